The monoisotopic (exact) mass is 520 g/mol. The molecule has 4 aromatic rings. The second-order valence-corrected chi connectivity index (χ2v) is 9.60. The van der Waals surface area contributed by atoms with Gasteiger partial charge < -0.3 is 19.7 Å². The number of halogens is 2. The first-order chi connectivity index (χ1) is 18.3. The Hall–Kier alpha value is -4.25. The maximum atomic E-state index is 13.7. The van der Waals surface area contributed by atoms with Gasteiger partial charge in [0.15, 0.2) is 17.1 Å². The summed E-state index contributed by atoms with van der Waals surface area (Å²) in [5, 5.41) is 7.80. The van der Waals surface area contributed by atoms with Gasteiger partial charge in [-0.3, -0.25) is 9.69 Å². The largest absolute Gasteiger partial charge is 0.586 e. The zero-order valence-corrected chi connectivity index (χ0v) is 20.9. The molecule has 0 aliphatic carbocycles. The minimum absolute atomic E-state index is 0.0259. The van der Waals surface area contributed by atoms with E-state index in [2.05, 4.69) is 37.2 Å². The number of hydrogen-bond acceptors (Lipinski definition) is 7. The number of nitrogens with one attached hydrogen (secondary N) is 1. The predicted molar refractivity (Wildman–Crippen MR) is 137 cm³/mol. The molecule has 0 bridgehead atoms. The Morgan fingerprint density at radius 3 is 2.66 bits per heavy atom. The molecule has 6 rings (SSSR count). The lowest BCUT2D eigenvalue weighted by Gasteiger charge is -2.21. The van der Waals surface area contributed by atoms with E-state index in [1.165, 1.54) is 17.2 Å². The van der Waals surface area contributed by atoms with Crippen molar-refractivity contribution in [3.05, 3.63) is 65.9 Å². The molecular weight excluding hydrogens is 494 g/mol. The van der Waals surface area contributed by atoms with Crippen LogP contribution in [0.15, 0.2) is 54.7 Å². The smallest absolute Gasteiger partial charge is 0.395 e. The van der Waals surface area contributed by atoms with E-state index >= 15 is 0 Å². The Morgan fingerprint density at radius 2 is 1.84 bits per heavy atom. The molecule has 0 saturated carbocycles. The highest BCUT2D eigenvalue weighted by Crippen LogP contribution is 2.47. The van der Waals surface area contributed by atoms with Crippen LogP contribution in [0.1, 0.15) is 11.1 Å². The number of ether oxygens (including phenoxy) is 2. The minimum atomic E-state index is -3.71. The fourth-order valence-electron chi connectivity index (χ4n) is 4.82. The summed E-state index contributed by atoms with van der Waals surface area (Å²) in [5.41, 5.74) is 4.83. The van der Waals surface area contributed by atoms with Crippen LogP contribution < -0.4 is 14.8 Å². The number of hydrogen-bond donors (Lipinski definition) is 1. The maximum Gasteiger partial charge on any atom is 0.586 e. The summed E-state index contributed by atoms with van der Waals surface area (Å²) in [6.45, 7) is 2.05. The maximum absolute atomic E-state index is 13.7. The van der Waals surface area contributed by atoms with E-state index in [-0.39, 0.29) is 17.4 Å². The fraction of sp³-hybridized carbons (Fsp3) is 0.296. The van der Waals surface area contributed by atoms with Crippen molar-refractivity contribution in [3.8, 4) is 22.6 Å². The summed E-state index contributed by atoms with van der Waals surface area (Å²) in [6.07, 6.45) is -0.264. The summed E-state index contributed by atoms with van der Waals surface area (Å²) in [5.74, 6) is 0.417. The first kappa shape index (κ1) is 24.1. The molecule has 0 saturated heterocycles. The molecule has 0 radical (unpaired) electrons. The third-order valence-corrected chi connectivity index (χ3v) is 6.80. The molecule has 11 heteroatoms. The molecular formula is C27H26F2N6O3. The lowest BCUT2D eigenvalue weighted by Crippen LogP contribution is -2.37. The van der Waals surface area contributed by atoms with Crippen LogP contribution in [0.2, 0.25) is 0 Å². The summed E-state index contributed by atoms with van der Waals surface area (Å²) in [7, 11) is 3.55. The first-order valence-electron chi connectivity index (χ1n) is 12.3. The van der Waals surface area contributed by atoms with Crippen LogP contribution in [0.5, 0.6) is 11.5 Å². The van der Waals surface area contributed by atoms with Gasteiger partial charge in [0.25, 0.3) is 0 Å². The second kappa shape index (κ2) is 9.25. The third-order valence-electron chi connectivity index (χ3n) is 6.80. The highest BCUT2D eigenvalue weighted by Gasteiger charge is 2.44. The molecule has 0 unspecified atom stereocenters. The summed E-state index contributed by atoms with van der Waals surface area (Å²) >= 11 is 0. The zero-order valence-electron chi connectivity index (χ0n) is 20.9. The van der Waals surface area contributed by atoms with E-state index in [1.54, 1.807) is 54.0 Å². The van der Waals surface area contributed by atoms with Crippen molar-refractivity contribution in [1.29, 1.82) is 0 Å². The molecule has 1 N–H and O–H groups in total. The molecule has 0 spiro atoms. The number of alkyl halides is 2. The number of likely N-dealkylation sites (N-methyl/N-ethyl adjacent to an activating group) is 1. The number of aromatic nitrogens is 3. The van der Waals surface area contributed by atoms with Gasteiger partial charge in [-0.25, -0.2) is 4.52 Å². The van der Waals surface area contributed by atoms with Crippen molar-refractivity contribution in [3.63, 3.8) is 0 Å². The van der Waals surface area contributed by atoms with Crippen molar-refractivity contribution in [2.24, 2.45) is 0 Å². The molecule has 2 aromatic carbocycles. The first-order valence-corrected chi connectivity index (χ1v) is 12.3. The van der Waals surface area contributed by atoms with E-state index in [0.29, 0.717) is 29.3 Å². The molecule has 1 amide bonds. The number of benzene rings is 2. The van der Waals surface area contributed by atoms with Gasteiger partial charge in [0, 0.05) is 50.2 Å². The van der Waals surface area contributed by atoms with E-state index in [4.69, 9.17) is 4.74 Å². The van der Waals surface area contributed by atoms with Gasteiger partial charge >= 0.3 is 6.29 Å². The molecule has 38 heavy (non-hydrogen) atoms. The lowest BCUT2D eigenvalue weighted by atomic mass is 10.0. The summed E-state index contributed by atoms with van der Waals surface area (Å²) in [4.78, 5) is 20.6. The van der Waals surface area contributed by atoms with Crippen LogP contribution >= 0.6 is 0 Å². The van der Waals surface area contributed by atoms with Crippen LogP contribution in [0, 0.1) is 0 Å². The number of rotatable bonds is 5. The molecule has 9 nitrogen and oxygen atoms in total. The van der Waals surface area contributed by atoms with Crippen LogP contribution in [0.25, 0.3) is 16.8 Å². The topological polar surface area (TPSA) is 84.2 Å². The Labute approximate surface area is 217 Å². The van der Waals surface area contributed by atoms with E-state index in [0.717, 1.165) is 31.6 Å². The average Bonchev–Trinajstić information content (AvgIpc) is 3.37. The fourth-order valence-corrected chi connectivity index (χ4v) is 4.82. The highest BCUT2D eigenvalue weighted by molar-refractivity contribution is 5.84. The number of anilines is 2. The van der Waals surface area contributed by atoms with Gasteiger partial charge in [-0.2, -0.15) is 4.98 Å². The molecule has 2 aliphatic rings. The van der Waals surface area contributed by atoms with Crippen molar-refractivity contribution >= 4 is 23.2 Å². The number of nitrogens with zero attached hydrogens (tertiary/aromatic N) is 5. The third kappa shape index (κ3) is 4.60. The molecule has 2 aromatic heterocycles. The molecule has 0 fully saturated rings. The van der Waals surface area contributed by atoms with Gasteiger partial charge in [-0.05, 0) is 54.3 Å². The number of amides is 1. The number of pyridine rings is 1. The Bertz CT molecular complexity index is 1540. The van der Waals surface area contributed by atoms with E-state index in [1.807, 2.05) is 6.07 Å². The van der Waals surface area contributed by atoms with Crippen molar-refractivity contribution in [2.45, 2.75) is 19.1 Å². The van der Waals surface area contributed by atoms with E-state index in [9.17, 15) is 13.6 Å². The van der Waals surface area contributed by atoms with Gasteiger partial charge in [0.1, 0.15) is 0 Å². The Balaban J connectivity index is 1.24. The Kier molecular flexibility index (Phi) is 5.87. The molecule has 196 valence electrons. The van der Waals surface area contributed by atoms with Gasteiger partial charge in [-0.1, -0.05) is 18.2 Å². The number of carbonyl (C=O) groups excluding carboxylic acids is 1. The highest BCUT2D eigenvalue weighted by atomic mass is 19.3. The zero-order chi connectivity index (χ0) is 26.4. The van der Waals surface area contributed by atoms with Gasteiger partial charge in [0.2, 0.25) is 11.9 Å². The van der Waals surface area contributed by atoms with Crippen molar-refractivity contribution in [1.82, 2.24) is 24.4 Å². The van der Waals surface area contributed by atoms with Crippen LogP contribution in [0.3, 0.4) is 0 Å². The van der Waals surface area contributed by atoms with Crippen LogP contribution in [-0.2, 0) is 17.6 Å². The molecule has 4 heterocycles. The van der Waals surface area contributed by atoms with Crippen molar-refractivity contribution in [2.75, 3.05) is 39.0 Å². The molecule has 2 aliphatic heterocycles. The summed E-state index contributed by atoms with van der Waals surface area (Å²) in [6, 6.07) is 14.5. The number of fused-ring (bicyclic) bond motifs is 3. The number of carbonyl (C=O) groups is 1. The SMILES string of the molecule is CN(C)C(=O)CN1CCc2ccc(Nc3nc4c(-c5cccc6c5OC(F)(F)O6)cccn4n3)cc2CC1. The summed E-state index contributed by atoms with van der Waals surface area (Å²) < 4.78 is 38.5. The lowest BCUT2D eigenvalue weighted by molar-refractivity contribution is -0.286. The predicted octanol–water partition coefficient (Wildman–Crippen LogP) is 3.95. The Morgan fingerprint density at radius 1 is 1.05 bits per heavy atom. The second-order valence-electron chi connectivity index (χ2n) is 9.60. The minimum Gasteiger partial charge on any atom is -0.395 e. The van der Waals surface area contributed by atoms with Gasteiger partial charge in [0.05, 0.1) is 6.54 Å². The normalized spacial score (nSPS) is 16.2. The quantitative estimate of drug-likeness (QED) is 0.427. The molecule has 0 atom stereocenters. The van der Waals surface area contributed by atoms with Crippen LogP contribution in [0.4, 0.5) is 20.4 Å². The van der Waals surface area contributed by atoms with Crippen molar-refractivity contribution < 1.29 is 23.0 Å². The van der Waals surface area contributed by atoms with Gasteiger partial charge in [-0.15, -0.1) is 13.9 Å². The standard InChI is InChI=1S/C27H26F2N6O3/c1-33(2)23(36)16-34-13-10-17-8-9-19(15-18(17)11-14-34)30-26-31-25-21(6-4-12-35(25)32-26)20-5-3-7-22-24(20)38-27(28,29)37-22/h3-9,12,15H,10-11,13-14,16H2,1-2H3,(H,30,32). The van der Waals surface area contributed by atoms with Crippen LogP contribution in [-0.4, -0.2) is 70.3 Å². The number of para-hydroxylation sites is 1. The average molecular weight is 521 g/mol. The van der Waals surface area contributed by atoms with E-state index < -0.39 is 6.29 Å².